The predicted molar refractivity (Wildman–Crippen MR) is 182 cm³/mol. The summed E-state index contributed by atoms with van der Waals surface area (Å²) in [7, 11) is -3.83. The second-order valence-electron chi connectivity index (χ2n) is 11.6. The highest BCUT2D eigenvalue weighted by atomic mass is 32.2. The summed E-state index contributed by atoms with van der Waals surface area (Å²) in [5.41, 5.74) is 8.19. The van der Waals surface area contributed by atoms with Crippen LogP contribution in [0.3, 0.4) is 0 Å². The van der Waals surface area contributed by atoms with Crippen LogP contribution in [0.5, 0.6) is 0 Å². The number of nitrogen functional groups attached to an aromatic ring is 1. The maximum Gasteiger partial charge on any atom is 0.243 e. The van der Waals surface area contributed by atoms with Crippen molar-refractivity contribution in [3.63, 3.8) is 0 Å². The van der Waals surface area contributed by atoms with Crippen molar-refractivity contribution >= 4 is 21.6 Å². The number of anilines is 1. The van der Waals surface area contributed by atoms with Crippen molar-refractivity contribution in [2.24, 2.45) is 5.92 Å². The number of allylic oxidation sites excluding steroid dienone is 7. The monoisotopic (exact) mass is 635 g/mol. The molecule has 244 valence electrons. The molecule has 0 saturated carbocycles. The summed E-state index contributed by atoms with van der Waals surface area (Å²) in [6.07, 6.45) is 20.2. The molecule has 3 rings (SSSR count). The van der Waals surface area contributed by atoms with E-state index in [1.54, 1.807) is 18.3 Å². The molecule has 0 spiro atoms. The number of carbonyl (C=O) groups excluding carboxylic acids is 1. The van der Waals surface area contributed by atoms with Gasteiger partial charge in [0.2, 0.25) is 15.9 Å². The van der Waals surface area contributed by atoms with Gasteiger partial charge in [-0.15, -0.1) is 0 Å². The van der Waals surface area contributed by atoms with E-state index in [4.69, 9.17) is 5.73 Å². The Kier molecular flexibility index (Phi) is 15.2. The van der Waals surface area contributed by atoms with Gasteiger partial charge in [0.15, 0.2) is 0 Å². The molecule has 2 atom stereocenters. The molecule has 1 amide bonds. The quantitative estimate of drug-likeness (QED) is 0.143. The van der Waals surface area contributed by atoms with Gasteiger partial charge in [0, 0.05) is 37.6 Å². The van der Waals surface area contributed by atoms with Crippen LogP contribution in [0.15, 0.2) is 102 Å². The normalized spacial score (nSPS) is 18.5. The number of rotatable bonds is 17. The third kappa shape index (κ3) is 12.4. The fourth-order valence-electron chi connectivity index (χ4n) is 5.02. The zero-order valence-corrected chi connectivity index (χ0v) is 27.3. The Balaban J connectivity index is 1.60. The molecule has 1 aliphatic carbocycles. The Bertz CT molecular complexity index is 1400. The number of pyridine rings is 1. The summed E-state index contributed by atoms with van der Waals surface area (Å²) in [5.74, 6) is -0.0274. The van der Waals surface area contributed by atoms with Crippen molar-refractivity contribution in [3.8, 4) is 0 Å². The van der Waals surface area contributed by atoms with Gasteiger partial charge in [-0.25, -0.2) is 8.42 Å². The number of sulfonamides is 1. The van der Waals surface area contributed by atoms with Crippen LogP contribution >= 0.6 is 0 Å². The van der Waals surface area contributed by atoms with Gasteiger partial charge in [0.05, 0.1) is 23.2 Å². The molecule has 0 bridgehead atoms. The number of aliphatic hydroxyl groups is 1. The SMILES string of the molecule is CC(C)CN([C@H](CO)CCCCNC(=O)[C@H](CC1=C/C/C=C\C=C/C/C=C\1)NCc1ccccn1)S(=O)(=O)c1ccc(N)cc1. The first-order chi connectivity index (χ1) is 21.7. The number of benzene rings is 1. The molecule has 0 radical (unpaired) electrons. The molecular weight excluding hydrogens is 586 g/mol. The molecule has 1 aliphatic rings. The van der Waals surface area contributed by atoms with Crippen molar-refractivity contribution in [1.82, 2.24) is 19.9 Å². The minimum atomic E-state index is -3.83. The predicted octanol–water partition coefficient (Wildman–Crippen LogP) is 4.90. The van der Waals surface area contributed by atoms with E-state index in [0.29, 0.717) is 44.5 Å². The highest BCUT2D eigenvalue weighted by Crippen LogP contribution is 2.23. The van der Waals surface area contributed by atoms with Gasteiger partial charge in [0.25, 0.3) is 0 Å². The Morgan fingerprint density at radius 1 is 1.04 bits per heavy atom. The third-order valence-electron chi connectivity index (χ3n) is 7.43. The molecule has 0 fully saturated rings. The average molecular weight is 636 g/mol. The van der Waals surface area contributed by atoms with Crippen LogP contribution in [0.4, 0.5) is 5.69 Å². The van der Waals surface area contributed by atoms with E-state index >= 15 is 0 Å². The largest absolute Gasteiger partial charge is 0.399 e. The van der Waals surface area contributed by atoms with Gasteiger partial charge in [-0.2, -0.15) is 4.31 Å². The van der Waals surface area contributed by atoms with Crippen LogP contribution < -0.4 is 16.4 Å². The van der Waals surface area contributed by atoms with Crippen LogP contribution in [0.2, 0.25) is 0 Å². The van der Waals surface area contributed by atoms with Gasteiger partial charge in [-0.1, -0.05) is 68.9 Å². The van der Waals surface area contributed by atoms with E-state index in [-0.39, 0.29) is 29.9 Å². The second kappa shape index (κ2) is 19.1. The third-order valence-corrected chi connectivity index (χ3v) is 9.36. The van der Waals surface area contributed by atoms with Crippen molar-refractivity contribution in [3.05, 3.63) is 102 Å². The summed E-state index contributed by atoms with van der Waals surface area (Å²) in [5, 5.41) is 16.7. The molecule has 10 heteroatoms. The Hall–Kier alpha value is -3.57. The van der Waals surface area contributed by atoms with Gasteiger partial charge in [-0.05, 0) is 80.0 Å². The maximum absolute atomic E-state index is 13.5. The van der Waals surface area contributed by atoms with Crippen molar-refractivity contribution in [1.29, 1.82) is 0 Å². The summed E-state index contributed by atoms with van der Waals surface area (Å²) in [6, 6.07) is 10.8. The lowest BCUT2D eigenvalue weighted by atomic mass is 10.0. The lowest BCUT2D eigenvalue weighted by Gasteiger charge is -2.31. The van der Waals surface area contributed by atoms with E-state index in [2.05, 4.69) is 46.0 Å². The van der Waals surface area contributed by atoms with Crippen molar-refractivity contribution in [2.75, 3.05) is 25.4 Å². The zero-order valence-electron chi connectivity index (χ0n) is 26.5. The first-order valence-corrected chi connectivity index (χ1v) is 17.2. The van der Waals surface area contributed by atoms with Gasteiger partial charge >= 0.3 is 0 Å². The van der Waals surface area contributed by atoms with Gasteiger partial charge < -0.3 is 16.2 Å². The van der Waals surface area contributed by atoms with E-state index in [1.165, 1.54) is 16.4 Å². The molecule has 5 N–H and O–H groups in total. The molecule has 1 aromatic carbocycles. The summed E-state index contributed by atoms with van der Waals surface area (Å²) in [4.78, 5) is 17.9. The lowest BCUT2D eigenvalue weighted by Crippen LogP contribution is -2.45. The minimum Gasteiger partial charge on any atom is -0.399 e. The molecule has 0 saturated heterocycles. The number of hydrogen-bond donors (Lipinski definition) is 4. The number of nitrogens with zero attached hydrogens (tertiary/aromatic N) is 2. The number of unbranched alkanes of at least 4 members (excludes halogenated alkanes) is 1. The topological polar surface area (TPSA) is 138 Å². The van der Waals surface area contributed by atoms with Crippen molar-refractivity contribution < 1.29 is 18.3 Å². The molecule has 9 nitrogen and oxygen atoms in total. The molecule has 1 heterocycles. The van der Waals surface area contributed by atoms with Crippen molar-refractivity contribution in [2.45, 2.75) is 75.9 Å². The van der Waals surface area contributed by atoms with Crippen LogP contribution in [0.1, 0.15) is 58.1 Å². The fourth-order valence-corrected chi connectivity index (χ4v) is 6.83. The number of aliphatic hydroxyl groups excluding tert-OH is 1. The number of aromatic nitrogens is 1. The van der Waals surface area contributed by atoms with Gasteiger partial charge in [0.1, 0.15) is 0 Å². The molecular formula is C35H49N5O4S. The summed E-state index contributed by atoms with van der Waals surface area (Å²) >= 11 is 0. The number of hydrogen-bond acceptors (Lipinski definition) is 7. The highest BCUT2D eigenvalue weighted by Gasteiger charge is 2.31. The smallest absolute Gasteiger partial charge is 0.243 e. The Morgan fingerprint density at radius 2 is 1.80 bits per heavy atom. The minimum absolute atomic E-state index is 0.0709. The van der Waals surface area contributed by atoms with Crippen LogP contribution in [0, 0.1) is 5.92 Å². The number of amides is 1. The van der Waals surface area contributed by atoms with E-state index in [9.17, 15) is 18.3 Å². The number of nitrogens with two attached hydrogens (primary N) is 1. The molecule has 2 aromatic rings. The van der Waals surface area contributed by atoms with Crippen LogP contribution in [0.25, 0.3) is 0 Å². The summed E-state index contributed by atoms with van der Waals surface area (Å²) in [6.45, 7) is 4.80. The zero-order chi connectivity index (χ0) is 32.5. The Morgan fingerprint density at radius 3 is 2.49 bits per heavy atom. The molecule has 45 heavy (non-hydrogen) atoms. The summed E-state index contributed by atoms with van der Waals surface area (Å²) < 4.78 is 28.5. The first-order valence-electron chi connectivity index (χ1n) is 15.8. The van der Waals surface area contributed by atoms with Crippen LogP contribution in [-0.4, -0.2) is 60.5 Å². The maximum atomic E-state index is 13.5. The second-order valence-corrected chi connectivity index (χ2v) is 13.5. The number of carbonyl (C=O) groups is 1. The van der Waals surface area contributed by atoms with E-state index < -0.39 is 22.1 Å². The molecule has 1 aromatic heterocycles. The molecule has 0 unspecified atom stereocenters. The van der Waals surface area contributed by atoms with Crippen LogP contribution in [-0.2, 0) is 21.4 Å². The molecule has 0 aliphatic heterocycles. The highest BCUT2D eigenvalue weighted by molar-refractivity contribution is 7.89. The average Bonchev–Trinajstić information content (AvgIpc) is 3.03. The first kappa shape index (κ1) is 35.9. The van der Waals surface area contributed by atoms with E-state index in [1.807, 2.05) is 44.2 Å². The standard InChI is InChI=1S/C35H49N5O4S/c1-28(2)26-40(45(43,44)33-20-18-30(36)19-21-33)32(27-41)17-11-13-23-38-35(42)34(39-25-31-16-10-12-22-37-31)24-29-14-8-6-4-3-5-7-9-15-29/h3-6,9-10,12,14-16,18-22,28,32,34,39,41H,7-8,11,13,17,23-27,36H2,1-2H3,(H,38,42)/b5-3-,6-4-,15-9-,29-14+/t32-,34-/m0/s1. The fraction of sp³-hybridized carbons (Fsp3) is 0.429. The Labute approximate surface area is 269 Å². The number of nitrogens with one attached hydrogen (secondary N) is 2. The van der Waals surface area contributed by atoms with Gasteiger partial charge in [-0.3, -0.25) is 15.1 Å². The lowest BCUT2D eigenvalue weighted by molar-refractivity contribution is -0.123. The van der Waals surface area contributed by atoms with E-state index in [0.717, 1.165) is 24.1 Å².